The molecule has 0 aromatic carbocycles. The zero-order valence-corrected chi connectivity index (χ0v) is 9.87. The molecule has 3 heteroatoms. The second-order valence-corrected chi connectivity index (χ2v) is 2.77. The first-order valence-corrected chi connectivity index (χ1v) is 3.48. The van der Waals surface area contributed by atoms with Crippen molar-refractivity contribution in [2.45, 2.75) is 11.1 Å². The van der Waals surface area contributed by atoms with Crippen LogP contribution in [0, 0.1) is 0 Å². The molecule has 0 nitrogen and oxygen atoms in total. The van der Waals surface area contributed by atoms with Crippen molar-refractivity contribution in [2.75, 3.05) is 0 Å². The first-order chi connectivity index (χ1) is 1.41. The first-order valence-electron chi connectivity index (χ1n) is 1.02. The predicted molar refractivity (Wildman–Crippen MR) is 36.9 cm³/mol. The van der Waals surface area contributed by atoms with Gasteiger partial charge in [0.05, 0.1) is 0 Å². The first kappa shape index (κ1) is 15.8. The zero-order valence-electron chi connectivity index (χ0n) is 2.97. The summed E-state index contributed by atoms with van der Waals surface area (Å²) in [6, 6.07) is 0. The summed E-state index contributed by atoms with van der Waals surface area (Å²) in [6.45, 7) is 2.17. The monoisotopic (exact) mass is 398 g/mol. The van der Waals surface area contributed by atoms with Gasteiger partial charge in [-0.3, -0.25) is 0 Å². The van der Waals surface area contributed by atoms with Crippen molar-refractivity contribution in [1.29, 1.82) is 0 Å². The van der Waals surface area contributed by atoms with Crippen LogP contribution in [0.25, 0.3) is 0 Å². The Morgan fingerprint density at radius 3 is 1.40 bits per heavy atom. The molecule has 0 unspecified atom stereocenters. The fourth-order valence-corrected chi connectivity index (χ4v) is 0. The van der Waals surface area contributed by atoms with E-state index in [9.17, 15) is 0 Å². The molecule has 0 N–H and O–H groups in total. The maximum atomic E-state index is 2.17. The number of halogens is 2. The third kappa shape index (κ3) is 25.4. The Bertz CT molecular complexity index is 7.61. The molecular weight excluding hydrogens is 393 g/mol. The maximum absolute atomic E-state index is 2.17. The van der Waals surface area contributed by atoms with Gasteiger partial charge >= 0.3 is 35.8 Å². The summed E-state index contributed by atoms with van der Waals surface area (Å²) in [6.07, 6.45) is 0. The molecule has 0 amide bonds. The van der Waals surface area contributed by atoms with Gasteiger partial charge in [-0.05, 0) is 0 Å². The summed E-state index contributed by atoms with van der Waals surface area (Å²) in [4.78, 5) is 0. The van der Waals surface area contributed by atoms with E-state index >= 15 is 0 Å². The molecule has 0 aromatic rings. The van der Waals surface area contributed by atoms with Gasteiger partial charge in [0, 0.05) is 0 Å². The summed E-state index contributed by atoms with van der Waals surface area (Å²) in [5.41, 5.74) is 0. The molecule has 0 aromatic heterocycles. The Kier molecular flexibility index (Phi) is 53.6. The van der Waals surface area contributed by atoms with Crippen molar-refractivity contribution in [3.8, 4) is 0 Å². The van der Waals surface area contributed by atoms with Crippen LogP contribution in [0.1, 0.15) is 6.92 Å². The summed E-state index contributed by atoms with van der Waals surface area (Å²) >= 11 is 1.52. The van der Waals surface area contributed by atoms with Gasteiger partial charge in [0.25, 0.3) is 0 Å². The topological polar surface area (TPSA) is 0 Å². The van der Waals surface area contributed by atoms with E-state index in [0.29, 0.717) is 0 Å². The quantitative estimate of drug-likeness (QED) is 0.544. The summed E-state index contributed by atoms with van der Waals surface area (Å²) in [7, 11) is 0. The molecule has 0 saturated carbocycles. The third-order valence-corrected chi connectivity index (χ3v) is 0. The van der Waals surface area contributed by atoms with E-state index in [4.69, 9.17) is 0 Å². The van der Waals surface area contributed by atoms with Crippen LogP contribution in [0.15, 0.2) is 0 Å². The van der Waals surface area contributed by atoms with E-state index in [1.165, 1.54) is 28.8 Å². The molecule has 5 heavy (non-hydrogen) atoms. The molecular formula is C2H7BiBr2. The van der Waals surface area contributed by atoms with E-state index in [2.05, 4.69) is 6.92 Å². The molecule has 0 fully saturated rings. The Morgan fingerprint density at radius 2 is 1.40 bits per heavy atom. The van der Waals surface area contributed by atoms with Gasteiger partial charge in [0.1, 0.15) is 0 Å². The average Bonchev–Trinajstić information content (AvgIpc) is 0.918. The molecule has 2 radical (unpaired) electrons. The fraction of sp³-hybridized carbons (Fsp3) is 1.00. The van der Waals surface area contributed by atoms with Crippen LogP contribution in [0.4, 0.5) is 0 Å². The molecule has 0 rings (SSSR count). The average molecular weight is 400 g/mol. The second-order valence-electron chi connectivity index (χ2n) is 0.316. The van der Waals surface area contributed by atoms with Crippen molar-refractivity contribution in [3.63, 3.8) is 0 Å². The van der Waals surface area contributed by atoms with Gasteiger partial charge in [-0.1, -0.05) is 0 Å². The summed E-state index contributed by atoms with van der Waals surface area (Å²) in [5.74, 6) is 0. The minimum atomic E-state index is 0. The zero-order chi connectivity index (χ0) is 2.71. The molecule has 0 heterocycles. The van der Waals surface area contributed by atoms with Crippen LogP contribution >= 0.6 is 34.0 Å². The van der Waals surface area contributed by atoms with Crippen LogP contribution < -0.4 is 0 Å². The van der Waals surface area contributed by atoms with Crippen molar-refractivity contribution < 1.29 is 0 Å². The Labute approximate surface area is 69.1 Å². The standard InChI is InChI=1S/C2H5.Bi.2BrH/c1-2;;;/h1H2,2H3;;2*1H. The van der Waals surface area contributed by atoms with E-state index in [0.717, 1.165) is 0 Å². The SMILES string of the molecule is Br.Br.C[CH2][Bi]. The normalized spacial score (nSPS) is 3.60. The van der Waals surface area contributed by atoms with E-state index in [-0.39, 0.29) is 34.0 Å². The summed E-state index contributed by atoms with van der Waals surface area (Å²) < 4.78 is 1.36. The molecule has 0 atom stereocenters. The summed E-state index contributed by atoms with van der Waals surface area (Å²) in [5, 5.41) is 0. The van der Waals surface area contributed by atoms with Gasteiger partial charge in [0.15, 0.2) is 0 Å². The van der Waals surface area contributed by atoms with E-state index < -0.39 is 0 Å². The van der Waals surface area contributed by atoms with Gasteiger partial charge in [0.2, 0.25) is 0 Å². The fourth-order valence-electron chi connectivity index (χ4n) is 0. The molecule has 34 valence electrons. The van der Waals surface area contributed by atoms with Gasteiger partial charge < -0.3 is 0 Å². The number of hydrogen-bond donors (Lipinski definition) is 0. The van der Waals surface area contributed by atoms with E-state index in [1.807, 2.05) is 0 Å². The molecule has 0 bridgehead atoms. The second kappa shape index (κ2) is 17.0. The predicted octanol–water partition coefficient (Wildman–Crippen LogP) is 1.75. The van der Waals surface area contributed by atoms with Gasteiger partial charge in [-0.15, -0.1) is 34.0 Å². The van der Waals surface area contributed by atoms with Crippen molar-refractivity contribution in [1.82, 2.24) is 0 Å². The van der Waals surface area contributed by atoms with Crippen molar-refractivity contribution >= 4 is 58.7 Å². The Morgan fingerprint density at radius 1 is 1.40 bits per heavy atom. The number of rotatable bonds is 0. The molecule has 0 aliphatic rings. The van der Waals surface area contributed by atoms with Crippen LogP contribution in [-0.4, -0.2) is 24.7 Å². The molecule has 0 aliphatic heterocycles. The van der Waals surface area contributed by atoms with E-state index in [1.54, 1.807) is 0 Å². The van der Waals surface area contributed by atoms with Crippen LogP contribution in [0.3, 0.4) is 0 Å². The Hall–Kier alpha value is 1.84. The molecule has 0 aliphatic carbocycles. The van der Waals surface area contributed by atoms with Gasteiger partial charge in [-0.2, -0.15) is 0 Å². The third-order valence-electron chi connectivity index (χ3n) is 0. The van der Waals surface area contributed by atoms with Gasteiger partial charge in [-0.25, -0.2) is 0 Å². The van der Waals surface area contributed by atoms with Crippen LogP contribution in [0.2, 0.25) is 4.13 Å². The molecule has 0 saturated heterocycles. The van der Waals surface area contributed by atoms with Crippen LogP contribution in [-0.2, 0) is 0 Å². The van der Waals surface area contributed by atoms with Crippen LogP contribution in [0.5, 0.6) is 0 Å². The van der Waals surface area contributed by atoms with Crippen molar-refractivity contribution in [3.05, 3.63) is 0 Å². The Balaban J connectivity index is -0.0000000200. The number of hydrogen-bond acceptors (Lipinski definition) is 0. The molecule has 0 spiro atoms. The minimum absolute atomic E-state index is 0. The van der Waals surface area contributed by atoms with Crippen molar-refractivity contribution in [2.24, 2.45) is 0 Å².